The van der Waals surface area contributed by atoms with Gasteiger partial charge in [-0.1, -0.05) is 0 Å². The molecule has 5 nitrogen and oxygen atoms in total. The van der Waals surface area contributed by atoms with Crippen LogP contribution in [0.15, 0.2) is 0 Å². The minimum Gasteiger partial charge on any atom is -1.00 e. The van der Waals surface area contributed by atoms with Gasteiger partial charge in [-0.2, -0.15) is 0 Å². The Hall–Kier alpha value is 0.310. The Morgan fingerprint density at radius 1 is 1.14 bits per heavy atom. The van der Waals surface area contributed by atoms with E-state index in [0.29, 0.717) is 0 Å². The van der Waals surface area contributed by atoms with Gasteiger partial charge in [0.1, 0.15) is 0 Å². The summed E-state index contributed by atoms with van der Waals surface area (Å²) in [4.78, 5) is 0. The van der Waals surface area contributed by atoms with E-state index in [2.05, 4.69) is 0 Å². The van der Waals surface area contributed by atoms with Gasteiger partial charge in [0.2, 0.25) is 0 Å². The monoisotopic (exact) mass is 193 g/mol. The van der Waals surface area contributed by atoms with E-state index in [-0.39, 0.29) is 23.1 Å². The third kappa shape index (κ3) is 1220. The molecule has 0 aliphatic carbocycles. The molecule has 0 aliphatic heterocycles. The van der Waals surface area contributed by atoms with Crippen molar-refractivity contribution in [2.75, 3.05) is 0 Å². The molecule has 7 heavy (non-hydrogen) atoms. The second kappa shape index (κ2) is 4.47. The molecule has 0 atom stereocenters. The van der Waals surface area contributed by atoms with Crippen molar-refractivity contribution in [3.63, 3.8) is 0 Å². The highest BCUT2D eigenvalue weighted by molar-refractivity contribution is 7.79. The van der Waals surface area contributed by atoms with Crippen molar-refractivity contribution in [1.29, 1.82) is 0 Å². The lowest BCUT2D eigenvalue weighted by atomic mass is 14.0. The van der Waals surface area contributed by atoms with Gasteiger partial charge in [0.15, 0.2) is 0 Å². The predicted octanol–water partition coefficient (Wildman–Crippen LogP) is -3.96. The normalized spacial score (nSPS) is 8.29. The third-order valence-corrected chi connectivity index (χ3v) is 0. The zero-order valence-corrected chi connectivity index (χ0v) is 5.82. The number of hydrogen-bond acceptors (Lipinski definition) is 4. The summed E-state index contributed by atoms with van der Waals surface area (Å²) in [6, 6.07) is 0. The lowest BCUT2D eigenvalue weighted by Gasteiger charge is -2.06. The fraction of sp³-hybridized carbons (Fsp3) is 0. The summed E-state index contributed by atoms with van der Waals surface area (Å²) in [5, 5.41) is 0. The van der Waals surface area contributed by atoms with Crippen molar-refractivity contribution in [3.05, 3.63) is 0 Å². The van der Waals surface area contributed by atoms with Gasteiger partial charge in [0, 0.05) is 10.4 Å². The molecule has 0 unspecified atom stereocenters. The van der Waals surface area contributed by atoms with E-state index in [1.807, 2.05) is 0 Å². The van der Waals surface area contributed by atoms with Gasteiger partial charge in [-0.05, 0) is 0 Å². The summed E-state index contributed by atoms with van der Waals surface area (Å²) >= 11 is 0. The van der Waals surface area contributed by atoms with E-state index >= 15 is 0 Å². The van der Waals surface area contributed by atoms with Crippen LogP contribution in [0.3, 0.4) is 0 Å². The topological polar surface area (TPSA) is 117 Å². The van der Waals surface area contributed by atoms with E-state index in [9.17, 15) is 0 Å². The minimum absolute atomic E-state index is 0. The van der Waals surface area contributed by atoms with E-state index in [0.717, 1.165) is 0 Å². The molecule has 0 saturated carbocycles. The molecule has 0 aromatic heterocycles. The molecule has 0 aromatic carbocycles. The Balaban J connectivity index is -0.0000000800. The molecule has 0 heterocycles. The second-order valence-corrected chi connectivity index (χ2v) is 1.22. The maximum absolute atomic E-state index is 8.52. The molecule has 0 fully saturated rings. The van der Waals surface area contributed by atoms with Crippen LogP contribution < -0.4 is 23.1 Å². The van der Waals surface area contributed by atoms with E-state index in [1.165, 1.54) is 0 Å². The van der Waals surface area contributed by atoms with Gasteiger partial charge in [-0.3, -0.25) is 8.42 Å². The predicted molar refractivity (Wildman–Crippen MR) is 16.5 cm³/mol. The number of hydrogen-bond donors (Lipinski definition) is 1. The van der Waals surface area contributed by atoms with Crippen LogP contribution in [0.1, 0.15) is 0 Å². The van der Waals surface area contributed by atoms with Crippen LogP contribution in [0.5, 0.6) is 0 Å². The summed E-state index contributed by atoms with van der Waals surface area (Å²) in [7, 11) is -5.17. The van der Waals surface area contributed by atoms with Gasteiger partial charge in [0.05, 0.1) is 0 Å². The molecule has 0 radical (unpaired) electrons. The van der Waals surface area contributed by atoms with Crippen molar-refractivity contribution in [2.45, 2.75) is 0 Å². The average molecular weight is 194 g/mol. The molecule has 4 N–H and O–H groups in total. The molecule has 0 aliphatic rings. The highest BCUT2D eigenvalue weighted by atomic mass is 79.9. The quantitative estimate of drug-likeness (QED) is 0.312. The maximum Gasteiger partial charge on any atom is 0.0311 e. The van der Waals surface area contributed by atoms with Gasteiger partial charge in [0.25, 0.3) is 0 Å². The molecule has 0 amide bonds. The lowest BCUT2D eigenvalue weighted by molar-refractivity contribution is -0.00000882. The van der Waals surface area contributed by atoms with Crippen molar-refractivity contribution < 1.29 is 34.5 Å². The molecule has 48 valence electrons. The SMILES string of the molecule is O=S(=O)([O-])[O-].[Br-].[NH4+]. The maximum atomic E-state index is 8.52. The summed E-state index contributed by atoms with van der Waals surface area (Å²) in [6.45, 7) is 0. The number of rotatable bonds is 0. The summed E-state index contributed by atoms with van der Waals surface area (Å²) in [5.41, 5.74) is 0. The first-order valence-electron chi connectivity index (χ1n) is 0.667. The highest BCUT2D eigenvalue weighted by Crippen LogP contribution is 1.57. The Kier molecular flexibility index (Phi) is 10.0. The van der Waals surface area contributed by atoms with Crippen LogP contribution >= 0.6 is 0 Å². The molecular weight excluding hydrogens is 190 g/mol. The van der Waals surface area contributed by atoms with Crippen molar-refractivity contribution in [1.82, 2.24) is 6.15 Å². The van der Waals surface area contributed by atoms with Crippen LogP contribution in [-0.2, 0) is 10.4 Å². The smallest absolute Gasteiger partial charge is 0.0311 e. The Morgan fingerprint density at radius 2 is 1.14 bits per heavy atom. The summed E-state index contributed by atoms with van der Waals surface area (Å²) in [5.74, 6) is 0. The molecule has 0 spiro atoms. The molecule has 0 bridgehead atoms. The van der Waals surface area contributed by atoms with E-state index in [1.54, 1.807) is 0 Å². The van der Waals surface area contributed by atoms with Gasteiger partial charge in [-0.25, -0.2) is 0 Å². The fourth-order valence-corrected chi connectivity index (χ4v) is 0. The van der Waals surface area contributed by atoms with Crippen molar-refractivity contribution in [3.8, 4) is 0 Å². The van der Waals surface area contributed by atoms with Crippen LogP contribution in [0.4, 0.5) is 0 Å². The minimum atomic E-state index is -5.17. The Morgan fingerprint density at radius 3 is 1.14 bits per heavy atom. The largest absolute Gasteiger partial charge is 1.00 e. The third-order valence-electron chi connectivity index (χ3n) is 0. The first-order chi connectivity index (χ1) is 2.00. The average Bonchev–Trinajstić information content (AvgIpc) is 0.722. The van der Waals surface area contributed by atoms with E-state index < -0.39 is 10.4 Å². The van der Waals surface area contributed by atoms with Crippen molar-refractivity contribution >= 4 is 10.4 Å². The molecule has 7 heteroatoms. The van der Waals surface area contributed by atoms with Gasteiger partial charge in [-0.15, -0.1) is 0 Å². The number of quaternary nitrogens is 1. The standard InChI is InChI=1S/BrH.H3N.H2O4S/c;;1-5(2,3)4/h1H;1H3;(H2,1,2,3,4)/p-2. The first-order valence-corrected chi connectivity index (χ1v) is 2.00. The van der Waals surface area contributed by atoms with Crippen LogP contribution in [-0.4, -0.2) is 17.5 Å². The van der Waals surface area contributed by atoms with E-state index in [4.69, 9.17) is 17.5 Å². The fourth-order valence-electron chi connectivity index (χ4n) is 0. The summed E-state index contributed by atoms with van der Waals surface area (Å²) < 4.78 is 34.1. The molecule has 0 aromatic rings. The van der Waals surface area contributed by atoms with Gasteiger partial charge >= 0.3 is 0 Å². The number of halogens is 1. The Labute approximate surface area is 51.7 Å². The molecular formula is H4BrNO4S-2. The van der Waals surface area contributed by atoms with Gasteiger partial charge < -0.3 is 32.2 Å². The van der Waals surface area contributed by atoms with Crippen molar-refractivity contribution in [2.24, 2.45) is 0 Å². The second-order valence-electron chi connectivity index (χ2n) is 0.408. The zero-order chi connectivity index (χ0) is 4.50. The first kappa shape index (κ1) is 15.7. The molecule has 0 saturated heterocycles. The highest BCUT2D eigenvalue weighted by Gasteiger charge is 1.49. The molecule has 0 rings (SSSR count). The lowest BCUT2D eigenvalue weighted by Crippen LogP contribution is -3.00. The summed E-state index contributed by atoms with van der Waals surface area (Å²) in [6.07, 6.45) is 0. The zero-order valence-electron chi connectivity index (χ0n) is 3.42. The van der Waals surface area contributed by atoms with Crippen LogP contribution in [0.25, 0.3) is 0 Å². The van der Waals surface area contributed by atoms with Crippen LogP contribution in [0.2, 0.25) is 0 Å². The van der Waals surface area contributed by atoms with Crippen LogP contribution in [0, 0.1) is 0 Å². The Bertz CT molecular complexity index is 94.9.